The molecule has 0 fully saturated rings. The Morgan fingerprint density at radius 3 is 2.25 bits per heavy atom. The average Bonchev–Trinajstić information content (AvgIpc) is 2.85. The minimum Gasteiger partial charge on any atom is -0.310 e. The molecule has 0 amide bonds. The SMILES string of the molecule is CCNC(Cc1ccc(CC)s1)c1cc(Br)cc(Br)c1. The lowest BCUT2D eigenvalue weighted by Crippen LogP contribution is -2.22. The van der Waals surface area contributed by atoms with Crippen LogP contribution in [-0.2, 0) is 12.8 Å². The quantitative estimate of drug-likeness (QED) is 0.633. The van der Waals surface area contributed by atoms with Crippen molar-refractivity contribution in [2.24, 2.45) is 0 Å². The van der Waals surface area contributed by atoms with Gasteiger partial charge in [-0.3, -0.25) is 0 Å². The summed E-state index contributed by atoms with van der Waals surface area (Å²) >= 11 is 9.08. The Balaban J connectivity index is 2.21. The predicted octanol–water partition coefficient (Wildman–Crippen LogP) is 5.73. The van der Waals surface area contributed by atoms with Crippen molar-refractivity contribution >= 4 is 43.2 Å². The van der Waals surface area contributed by atoms with E-state index in [0.717, 1.165) is 28.3 Å². The van der Waals surface area contributed by atoms with Gasteiger partial charge in [0.2, 0.25) is 0 Å². The molecule has 0 radical (unpaired) electrons. The molecule has 0 saturated carbocycles. The van der Waals surface area contributed by atoms with Crippen LogP contribution in [0.25, 0.3) is 0 Å². The van der Waals surface area contributed by atoms with Crippen molar-refractivity contribution in [2.75, 3.05) is 6.54 Å². The third-order valence-electron chi connectivity index (χ3n) is 3.21. The monoisotopic (exact) mass is 415 g/mol. The summed E-state index contributed by atoms with van der Waals surface area (Å²) in [5.74, 6) is 0. The number of thiophene rings is 1. The Morgan fingerprint density at radius 1 is 1.05 bits per heavy atom. The van der Waals surface area contributed by atoms with E-state index in [1.807, 2.05) is 11.3 Å². The summed E-state index contributed by atoms with van der Waals surface area (Å²) in [5, 5.41) is 3.59. The normalized spacial score (nSPS) is 12.6. The smallest absolute Gasteiger partial charge is 0.0369 e. The molecule has 1 unspecified atom stereocenters. The largest absolute Gasteiger partial charge is 0.310 e. The number of hydrogen-bond donors (Lipinski definition) is 1. The maximum Gasteiger partial charge on any atom is 0.0369 e. The average molecular weight is 417 g/mol. The fraction of sp³-hybridized carbons (Fsp3) is 0.375. The van der Waals surface area contributed by atoms with E-state index in [2.05, 4.69) is 81.4 Å². The van der Waals surface area contributed by atoms with Crippen LogP contribution in [0.1, 0.15) is 35.2 Å². The van der Waals surface area contributed by atoms with Gasteiger partial charge in [0.25, 0.3) is 0 Å². The van der Waals surface area contributed by atoms with Gasteiger partial charge >= 0.3 is 0 Å². The number of halogens is 2. The third kappa shape index (κ3) is 4.42. The van der Waals surface area contributed by atoms with E-state index in [1.165, 1.54) is 15.3 Å². The zero-order chi connectivity index (χ0) is 14.5. The molecule has 2 rings (SSSR count). The second kappa shape index (κ2) is 7.74. The van der Waals surface area contributed by atoms with Crippen molar-refractivity contribution < 1.29 is 0 Å². The van der Waals surface area contributed by atoms with Crippen LogP contribution in [0.15, 0.2) is 39.3 Å². The molecule has 0 bridgehead atoms. The van der Waals surface area contributed by atoms with Crippen LogP contribution in [0.5, 0.6) is 0 Å². The molecule has 0 aliphatic heterocycles. The molecule has 0 spiro atoms. The Bertz CT molecular complexity index is 545. The fourth-order valence-electron chi connectivity index (χ4n) is 2.25. The summed E-state index contributed by atoms with van der Waals surface area (Å²) in [4.78, 5) is 2.91. The van der Waals surface area contributed by atoms with Gasteiger partial charge in [-0.15, -0.1) is 11.3 Å². The number of rotatable bonds is 6. The summed E-state index contributed by atoms with van der Waals surface area (Å²) in [6.45, 7) is 5.34. The summed E-state index contributed by atoms with van der Waals surface area (Å²) in [7, 11) is 0. The first kappa shape index (κ1) is 16.2. The minimum atomic E-state index is 0.358. The van der Waals surface area contributed by atoms with E-state index in [0.29, 0.717) is 6.04 Å². The Labute approximate surface area is 142 Å². The lowest BCUT2D eigenvalue weighted by Gasteiger charge is -2.18. The molecule has 1 atom stereocenters. The van der Waals surface area contributed by atoms with Gasteiger partial charge in [0.05, 0.1) is 0 Å². The van der Waals surface area contributed by atoms with Gasteiger partial charge in [-0.25, -0.2) is 0 Å². The molecule has 0 aliphatic rings. The van der Waals surface area contributed by atoms with Crippen molar-refractivity contribution in [1.29, 1.82) is 0 Å². The second-order valence-corrected chi connectivity index (χ2v) is 7.82. The first-order valence-electron chi connectivity index (χ1n) is 6.89. The zero-order valence-electron chi connectivity index (χ0n) is 11.7. The molecule has 1 aromatic heterocycles. The molecular weight excluding hydrogens is 398 g/mol. The summed E-state index contributed by atoms with van der Waals surface area (Å²) in [6, 6.07) is 11.4. The van der Waals surface area contributed by atoms with Gasteiger partial charge in [-0.2, -0.15) is 0 Å². The second-order valence-electron chi connectivity index (χ2n) is 4.74. The van der Waals surface area contributed by atoms with Crippen LogP contribution in [-0.4, -0.2) is 6.54 Å². The highest BCUT2D eigenvalue weighted by atomic mass is 79.9. The van der Waals surface area contributed by atoms with Crippen molar-refractivity contribution in [2.45, 2.75) is 32.7 Å². The zero-order valence-corrected chi connectivity index (χ0v) is 15.7. The maximum absolute atomic E-state index is 3.59. The van der Waals surface area contributed by atoms with E-state index in [4.69, 9.17) is 0 Å². The molecule has 1 N–H and O–H groups in total. The van der Waals surface area contributed by atoms with Crippen LogP contribution in [0.4, 0.5) is 0 Å². The fourth-order valence-corrected chi connectivity index (χ4v) is 4.59. The Morgan fingerprint density at radius 2 is 1.70 bits per heavy atom. The van der Waals surface area contributed by atoms with Gasteiger partial charge in [-0.05, 0) is 48.9 Å². The molecule has 1 heterocycles. The predicted molar refractivity (Wildman–Crippen MR) is 95.7 cm³/mol. The molecule has 4 heteroatoms. The number of aryl methyl sites for hydroxylation is 1. The first-order valence-corrected chi connectivity index (χ1v) is 9.29. The van der Waals surface area contributed by atoms with Crippen LogP contribution >= 0.6 is 43.2 Å². The van der Waals surface area contributed by atoms with Crippen LogP contribution in [0.2, 0.25) is 0 Å². The van der Waals surface area contributed by atoms with Gasteiger partial charge in [-0.1, -0.05) is 45.7 Å². The highest BCUT2D eigenvalue weighted by Crippen LogP contribution is 2.28. The van der Waals surface area contributed by atoms with E-state index < -0.39 is 0 Å². The molecule has 0 aliphatic carbocycles. The topological polar surface area (TPSA) is 12.0 Å². The van der Waals surface area contributed by atoms with Crippen LogP contribution < -0.4 is 5.32 Å². The molecular formula is C16H19Br2NS. The number of likely N-dealkylation sites (N-methyl/N-ethyl adjacent to an activating group) is 1. The van der Waals surface area contributed by atoms with Crippen molar-refractivity contribution in [3.8, 4) is 0 Å². The third-order valence-corrected chi connectivity index (χ3v) is 5.38. The summed E-state index contributed by atoms with van der Waals surface area (Å²) < 4.78 is 2.23. The Kier molecular flexibility index (Phi) is 6.27. The highest BCUT2D eigenvalue weighted by molar-refractivity contribution is 9.11. The minimum absolute atomic E-state index is 0.358. The van der Waals surface area contributed by atoms with Gasteiger partial charge in [0.1, 0.15) is 0 Å². The van der Waals surface area contributed by atoms with Crippen LogP contribution in [0.3, 0.4) is 0 Å². The van der Waals surface area contributed by atoms with Crippen molar-refractivity contribution in [3.05, 3.63) is 54.6 Å². The van der Waals surface area contributed by atoms with E-state index in [-0.39, 0.29) is 0 Å². The van der Waals surface area contributed by atoms with Crippen molar-refractivity contribution in [3.63, 3.8) is 0 Å². The van der Waals surface area contributed by atoms with E-state index in [9.17, 15) is 0 Å². The van der Waals surface area contributed by atoms with E-state index in [1.54, 1.807) is 0 Å². The van der Waals surface area contributed by atoms with Crippen molar-refractivity contribution in [1.82, 2.24) is 5.32 Å². The molecule has 108 valence electrons. The number of nitrogens with one attached hydrogen (secondary N) is 1. The summed E-state index contributed by atoms with van der Waals surface area (Å²) in [5.41, 5.74) is 1.32. The molecule has 0 saturated heterocycles. The molecule has 1 nitrogen and oxygen atoms in total. The van der Waals surface area contributed by atoms with Gasteiger partial charge in [0, 0.05) is 31.2 Å². The molecule has 1 aromatic carbocycles. The Hall–Kier alpha value is -0.160. The van der Waals surface area contributed by atoms with Gasteiger partial charge in [0.15, 0.2) is 0 Å². The number of benzene rings is 1. The summed E-state index contributed by atoms with van der Waals surface area (Å²) in [6.07, 6.45) is 2.17. The molecule has 2 aromatic rings. The molecule has 20 heavy (non-hydrogen) atoms. The number of hydrogen-bond acceptors (Lipinski definition) is 2. The maximum atomic E-state index is 3.59. The lowest BCUT2D eigenvalue weighted by molar-refractivity contribution is 0.553. The van der Waals surface area contributed by atoms with E-state index >= 15 is 0 Å². The highest BCUT2D eigenvalue weighted by Gasteiger charge is 2.13. The van der Waals surface area contributed by atoms with Crippen LogP contribution in [0, 0.1) is 0 Å². The lowest BCUT2D eigenvalue weighted by atomic mass is 10.0. The standard InChI is InChI=1S/C16H19Br2NS/c1-3-14-5-6-15(20-14)10-16(19-4-2)11-7-12(17)9-13(18)8-11/h5-9,16,19H,3-4,10H2,1-2H3. The van der Waals surface area contributed by atoms with Gasteiger partial charge < -0.3 is 5.32 Å². The first-order chi connectivity index (χ1) is 9.62.